The molecular formula is C10H12ClN3O2S. The van der Waals surface area contributed by atoms with Crippen LogP contribution in [0.5, 0.6) is 0 Å². The molecule has 7 heteroatoms. The molecule has 1 saturated heterocycles. The molecule has 0 aliphatic carbocycles. The molecule has 5 nitrogen and oxygen atoms in total. The molecule has 2 aliphatic heterocycles. The minimum absolute atomic E-state index is 0.0186. The fraction of sp³-hybridized carbons (Fsp3) is 0.500. The smallest absolute Gasteiger partial charge is 0.154 e. The number of nitrogens with one attached hydrogen (secondary N) is 1. The number of fused-ring (bicyclic) bond motifs is 3. The molecule has 0 amide bonds. The number of hydrogen-bond donors (Lipinski definition) is 1. The van der Waals surface area contributed by atoms with E-state index < -0.39 is 9.84 Å². The summed E-state index contributed by atoms with van der Waals surface area (Å²) < 4.78 is 23.2. The molecule has 92 valence electrons. The summed E-state index contributed by atoms with van der Waals surface area (Å²) in [5, 5.41) is 3.77. The van der Waals surface area contributed by atoms with Crippen molar-refractivity contribution in [3.8, 4) is 0 Å². The predicted molar refractivity (Wildman–Crippen MR) is 67.5 cm³/mol. The highest BCUT2D eigenvalue weighted by Crippen LogP contribution is 2.33. The first kappa shape index (κ1) is 11.1. The molecule has 1 aromatic rings. The molecule has 3 heterocycles. The van der Waals surface area contributed by atoms with Crippen LogP contribution in [0.4, 0.5) is 11.5 Å². The molecule has 3 rings (SSSR count). The van der Waals surface area contributed by atoms with Gasteiger partial charge in [0.15, 0.2) is 15.7 Å². The first-order valence-electron chi connectivity index (χ1n) is 5.42. The van der Waals surface area contributed by atoms with Gasteiger partial charge in [0.25, 0.3) is 0 Å². The van der Waals surface area contributed by atoms with E-state index in [4.69, 9.17) is 11.6 Å². The minimum atomic E-state index is -2.90. The third-order valence-electron chi connectivity index (χ3n) is 3.16. The van der Waals surface area contributed by atoms with Gasteiger partial charge in [-0.3, -0.25) is 0 Å². The maximum Gasteiger partial charge on any atom is 0.154 e. The lowest BCUT2D eigenvalue weighted by Gasteiger charge is -2.41. The zero-order chi connectivity index (χ0) is 12.0. The highest BCUT2D eigenvalue weighted by molar-refractivity contribution is 7.91. The number of aromatic nitrogens is 1. The number of anilines is 2. The van der Waals surface area contributed by atoms with Gasteiger partial charge in [0, 0.05) is 19.3 Å². The topological polar surface area (TPSA) is 62.3 Å². The van der Waals surface area contributed by atoms with Crippen LogP contribution in [0.3, 0.4) is 0 Å². The van der Waals surface area contributed by atoms with Crippen molar-refractivity contribution in [3.63, 3.8) is 0 Å². The molecule has 17 heavy (non-hydrogen) atoms. The van der Waals surface area contributed by atoms with Crippen molar-refractivity contribution >= 4 is 32.9 Å². The second-order valence-corrected chi connectivity index (χ2v) is 7.03. The number of nitrogens with zero attached hydrogens (tertiary/aromatic N) is 2. The number of hydrogen-bond acceptors (Lipinski definition) is 5. The zero-order valence-electron chi connectivity index (χ0n) is 9.06. The van der Waals surface area contributed by atoms with Crippen LogP contribution in [0.15, 0.2) is 12.3 Å². The number of pyridine rings is 1. The molecule has 1 N–H and O–H groups in total. The van der Waals surface area contributed by atoms with Crippen LogP contribution in [-0.4, -0.2) is 44.0 Å². The summed E-state index contributed by atoms with van der Waals surface area (Å²) in [5.74, 6) is 1.21. The lowest BCUT2D eigenvalue weighted by molar-refractivity contribution is 0.557. The second kappa shape index (κ2) is 3.74. The van der Waals surface area contributed by atoms with Gasteiger partial charge in [-0.15, -0.1) is 0 Å². The second-order valence-electron chi connectivity index (χ2n) is 4.37. The Kier molecular flexibility index (Phi) is 2.45. The van der Waals surface area contributed by atoms with E-state index in [-0.39, 0.29) is 17.5 Å². The van der Waals surface area contributed by atoms with Crippen molar-refractivity contribution in [2.75, 3.05) is 34.8 Å². The van der Waals surface area contributed by atoms with Crippen molar-refractivity contribution in [2.24, 2.45) is 0 Å². The third-order valence-corrected chi connectivity index (χ3v) is 5.07. The Balaban J connectivity index is 1.98. The fourth-order valence-corrected chi connectivity index (χ4v) is 4.04. The predicted octanol–water partition coefficient (Wildman–Crippen LogP) is 0.764. The third kappa shape index (κ3) is 1.95. The van der Waals surface area contributed by atoms with Crippen molar-refractivity contribution in [1.82, 2.24) is 4.98 Å². The van der Waals surface area contributed by atoms with Gasteiger partial charge in [0.1, 0.15) is 0 Å². The van der Waals surface area contributed by atoms with Crippen LogP contribution >= 0.6 is 11.6 Å². The molecule has 0 spiro atoms. The van der Waals surface area contributed by atoms with Crippen molar-refractivity contribution < 1.29 is 8.42 Å². The van der Waals surface area contributed by atoms with E-state index in [0.29, 0.717) is 18.1 Å². The van der Waals surface area contributed by atoms with E-state index >= 15 is 0 Å². The summed E-state index contributed by atoms with van der Waals surface area (Å²) >= 11 is 5.88. The summed E-state index contributed by atoms with van der Waals surface area (Å²) in [4.78, 5) is 6.35. The van der Waals surface area contributed by atoms with Crippen LogP contribution in [0.1, 0.15) is 0 Å². The molecule has 2 aliphatic rings. The van der Waals surface area contributed by atoms with Crippen LogP contribution in [0.25, 0.3) is 0 Å². The van der Waals surface area contributed by atoms with Gasteiger partial charge in [-0.05, 0) is 6.07 Å². The minimum Gasteiger partial charge on any atom is -0.380 e. The Bertz CT molecular complexity index is 561. The molecule has 1 atom stereocenters. The fourth-order valence-electron chi connectivity index (χ4n) is 2.35. The number of sulfone groups is 1. The maximum atomic E-state index is 11.6. The maximum absolute atomic E-state index is 11.6. The Hall–Kier alpha value is -1.01. The standard InChI is InChI=1S/C10H12ClN3O2S/c11-7-3-9-10(13-4-7)14-1-2-17(15,16)6-8(14)5-12-9/h3-4,8,12H,1-2,5-6H2. The van der Waals surface area contributed by atoms with E-state index in [1.807, 2.05) is 6.07 Å². The van der Waals surface area contributed by atoms with Gasteiger partial charge in [0.2, 0.25) is 0 Å². The highest BCUT2D eigenvalue weighted by Gasteiger charge is 2.35. The van der Waals surface area contributed by atoms with Gasteiger partial charge >= 0.3 is 0 Å². The van der Waals surface area contributed by atoms with Gasteiger partial charge in [0.05, 0.1) is 28.3 Å². The van der Waals surface area contributed by atoms with Gasteiger partial charge in [-0.1, -0.05) is 11.6 Å². The van der Waals surface area contributed by atoms with Crippen LogP contribution in [-0.2, 0) is 9.84 Å². The van der Waals surface area contributed by atoms with E-state index in [1.54, 1.807) is 6.20 Å². The summed E-state index contributed by atoms with van der Waals surface area (Å²) in [6.07, 6.45) is 1.59. The average Bonchev–Trinajstić information content (AvgIpc) is 2.27. The normalized spacial score (nSPS) is 25.7. The van der Waals surface area contributed by atoms with Crippen LogP contribution < -0.4 is 10.2 Å². The first-order chi connectivity index (χ1) is 8.05. The zero-order valence-corrected chi connectivity index (χ0v) is 10.6. The van der Waals surface area contributed by atoms with Gasteiger partial charge in [-0.2, -0.15) is 0 Å². The molecular weight excluding hydrogens is 262 g/mol. The lowest BCUT2D eigenvalue weighted by atomic mass is 10.2. The summed E-state index contributed by atoms with van der Waals surface area (Å²) in [7, 11) is -2.90. The van der Waals surface area contributed by atoms with Gasteiger partial charge in [-0.25, -0.2) is 13.4 Å². The molecule has 1 unspecified atom stereocenters. The average molecular weight is 274 g/mol. The largest absolute Gasteiger partial charge is 0.380 e. The monoisotopic (exact) mass is 273 g/mol. The SMILES string of the molecule is O=S1(=O)CCN2c3ncc(Cl)cc3NCC2C1. The molecule has 0 saturated carbocycles. The Morgan fingerprint density at radius 3 is 3.18 bits per heavy atom. The van der Waals surface area contributed by atoms with E-state index in [0.717, 1.165) is 11.5 Å². The lowest BCUT2D eigenvalue weighted by Crippen LogP contribution is -2.54. The van der Waals surface area contributed by atoms with E-state index in [2.05, 4.69) is 15.2 Å². The summed E-state index contributed by atoms with van der Waals surface area (Å²) in [6.45, 7) is 1.13. The van der Waals surface area contributed by atoms with Crippen molar-refractivity contribution in [2.45, 2.75) is 6.04 Å². The molecule has 0 bridgehead atoms. The van der Waals surface area contributed by atoms with E-state index in [1.165, 1.54) is 0 Å². The molecule has 1 aromatic heterocycles. The van der Waals surface area contributed by atoms with Gasteiger partial charge < -0.3 is 10.2 Å². The summed E-state index contributed by atoms with van der Waals surface area (Å²) in [6, 6.07) is 1.80. The molecule has 1 fully saturated rings. The highest BCUT2D eigenvalue weighted by atomic mass is 35.5. The van der Waals surface area contributed by atoms with Crippen molar-refractivity contribution in [1.29, 1.82) is 0 Å². The first-order valence-corrected chi connectivity index (χ1v) is 7.61. The molecule has 0 aromatic carbocycles. The van der Waals surface area contributed by atoms with E-state index in [9.17, 15) is 8.42 Å². The van der Waals surface area contributed by atoms with Crippen LogP contribution in [0, 0.1) is 0 Å². The number of rotatable bonds is 0. The Morgan fingerprint density at radius 2 is 2.35 bits per heavy atom. The Morgan fingerprint density at radius 1 is 1.53 bits per heavy atom. The number of halogens is 1. The van der Waals surface area contributed by atoms with Crippen LogP contribution in [0.2, 0.25) is 5.02 Å². The van der Waals surface area contributed by atoms with Crippen molar-refractivity contribution in [3.05, 3.63) is 17.3 Å². The quantitative estimate of drug-likeness (QED) is 0.756. The Labute approximate surface area is 105 Å². The summed E-state index contributed by atoms with van der Waals surface area (Å²) in [5.41, 5.74) is 0.882. The molecule has 0 radical (unpaired) electrons.